The predicted molar refractivity (Wildman–Crippen MR) is 64.9 cm³/mol. The van der Waals surface area contributed by atoms with Gasteiger partial charge in [-0.2, -0.15) is 0 Å². The number of carboxylic acid groups (broad SMARTS) is 1. The molecule has 0 spiro atoms. The van der Waals surface area contributed by atoms with Crippen molar-refractivity contribution < 1.29 is 9.90 Å². The van der Waals surface area contributed by atoms with Crippen LogP contribution in [-0.2, 0) is 0 Å². The van der Waals surface area contributed by atoms with E-state index in [1.807, 2.05) is 19.0 Å². The van der Waals surface area contributed by atoms with Gasteiger partial charge < -0.3 is 21.1 Å². The molecule has 5 nitrogen and oxygen atoms in total. The number of anilines is 2. The van der Waals surface area contributed by atoms with Crippen LogP contribution in [0.1, 0.15) is 10.4 Å². The molecule has 0 unspecified atom stereocenters. The zero-order valence-electron chi connectivity index (χ0n) is 9.53. The topological polar surface area (TPSA) is 78.6 Å². The molecule has 0 atom stereocenters. The van der Waals surface area contributed by atoms with Crippen molar-refractivity contribution in [1.82, 2.24) is 4.90 Å². The third-order valence-corrected chi connectivity index (χ3v) is 2.15. The molecule has 0 fully saturated rings. The minimum atomic E-state index is -0.973. The molecule has 0 aliphatic carbocycles. The average Bonchev–Trinajstić information content (AvgIpc) is 2.19. The molecule has 88 valence electrons. The Hall–Kier alpha value is -1.75. The summed E-state index contributed by atoms with van der Waals surface area (Å²) in [4.78, 5) is 13.0. The van der Waals surface area contributed by atoms with Crippen molar-refractivity contribution in [2.75, 3.05) is 38.2 Å². The van der Waals surface area contributed by atoms with Crippen LogP contribution < -0.4 is 11.1 Å². The van der Waals surface area contributed by atoms with Crippen LogP contribution in [-0.4, -0.2) is 43.2 Å². The van der Waals surface area contributed by atoms with Gasteiger partial charge in [-0.15, -0.1) is 0 Å². The first kappa shape index (κ1) is 12.3. The van der Waals surface area contributed by atoms with E-state index >= 15 is 0 Å². The second-order valence-corrected chi connectivity index (χ2v) is 3.84. The van der Waals surface area contributed by atoms with Crippen molar-refractivity contribution in [3.05, 3.63) is 23.8 Å². The number of nitrogens with one attached hydrogen (secondary N) is 1. The number of rotatable bonds is 5. The maximum Gasteiger partial charge on any atom is 0.337 e. The van der Waals surface area contributed by atoms with E-state index < -0.39 is 5.97 Å². The van der Waals surface area contributed by atoms with Crippen molar-refractivity contribution in [2.45, 2.75) is 0 Å². The van der Waals surface area contributed by atoms with E-state index in [2.05, 4.69) is 5.32 Å². The summed E-state index contributed by atoms with van der Waals surface area (Å²) in [5.74, 6) is -0.973. The molecule has 0 radical (unpaired) electrons. The van der Waals surface area contributed by atoms with Gasteiger partial charge in [0.1, 0.15) is 0 Å². The Labute approximate surface area is 94.9 Å². The number of benzene rings is 1. The highest BCUT2D eigenvalue weighted by Crippen LogP contribution is 2.18. The largest absolute Gasteiger partial charge is 0.478 e. The summed E-state index contributed by atoms with van der Waals surface area (Å²) in [7, 11) is 3.92. The minimum Gasteiger partial charge on any atom is -0.478 e. The molecule has 0 saturated heterocycles. The summed E-state index contributed by atoms with van der Waals surface area (Å²) < 4.78 is 0. The number of hydrogen-bond acceptors (Lipinski definition) is 4. The number of aromatic carboxylic acids is 1. The smallest absolute Gasteiger partial charge is 0.337 e. The van der Waals surface area contributed by atoms with Crippen molar-refractivity contribution in [3.8, 4) is 0 Å². The lowest BCUT2D eigenvalue weighted by atomic mass is 10.1. The van der Waals surface area contributed by atoms with Crippen LogP contribution in [0.5, 0.6) is 0 Å². The number of nitrogens with two attached hydrogens (primary N) is 1. The van der Waals surface area contributed by atoms with E-state index in [1.165, 1.54) is 6.07 Å². The van der Waals surface area contributed by atoms with E-state index in [1.54, 1.807) is 12.1 Å². The average molecular weight is 223 g/mol. The van der Waals surface area contributed by atoms with Gasteiger partial charge in [-0.05, 0) is 32.3 Å². The maximum atomic E-state index is 11.0. The summed E-state index contributed by atoms with van der Waals surface area (Å²) in [5, 5.41) is 12.1. The van der Waals surface area contributed by atoms with E-state index in [4.69, 9.17) is 10.8 Å². The molecule has 0 saturated carbocycles. The minimum absolute atomic E-state index is 0.207. The molecule has 0 aliphatic rings. The van der Waals surface area contributed by atoms with Gasteiger partial charge in [-0.3, -0.25) is 0 Å². The molecule has 1 rings (SSSR count). The molecule has 0 aromatic heterocycles. The third-order valence-electron chi connectivity index (χ3n) is 2.15. The molecule has 1 aromatic rings. The van der Waals surface area contributed by atoms with Crippen LogP contribution in [0.2, 0.25) is 0 Å². The van der Waals surface area contributed by atoms with Crippen LogP contribution in [0.15, 0.2) is 18.2 Å². The highest BCUT2D eigenvalue weighted by molar-refractivity contribution is 5.95. The fraction of sp³-hybridized carbons (Fsp3) is 0.364. The Morgan fingerprint density at radius 1 is 1.50 bits per heavy atom. The molecule has 4 N–H and O–H groups in total. The Kier molecular flexibility index (Phi) is 4.13. The van der Waals surface area contributed by atoms with Gasteiger partial charge >= 0.3 is 5.97 Å². The molecule has 0 bridgehead atoms. The fourth-order valence-electron chi connectivity index (χ4n) is 1.31. The molecule has 1 aromatic carbocycles. The highest BCUT2D eigenvalue weighted by atomic mass is 16.4. The maximum absolute atomic E-state index is 11.0. The monoisotopic (exact) mass is 223 g/mol. The predicted octanol–water partition coefficient (Wildman–Crippen LogP) is 0.941. The molecule has 0 amide bonds. The van der Waals surface area contributed by atoms with E-state index in [0.29, 0.717) is 17.9 Å². The lowest BCUT2D eigenvalue weighted by Crippen LogP contribution is -2.21. The first-order valence-electron chi connectivity index (χ1n) is 5.02. The van der Waals surface area contributed by atoms with Gasteiger partial charge in [0.2, 0.25) is 0 Å². The molecular formula is C11H17N3O2. The zero-order valence-corrected chi connectivity index (χ0v) is 9.53. The van der Waals surface area contributed by atoms with Gasteiger partial charge in [-0.1, -0.05) is 0 Å². The van der Waals surface area contributed by atoms with Gasteiger partial charge in [0, 0.05) is 24.5 Å². The third kappa shape index (κ3) is 3.43. The number of carboxylic acids is 1. The molecule has 0 heterocycles. The zero-order chi connectivity index (χ0) is 12.1. The number of nitrogen functional groups attached to an aromatic ring is 1. The van der Waals surface area contributed by atoms with Crippen molar-refractivity contribution >= 4 is 17.3 Å². The number of hydrogen-bond donors (Lipinski definition) is 3. The number of likely N-dealkylation sites (N-methyl/N-ethyl adjacent to an activating group) is 1. The van der Waals surface area contributed by atoms with Crippen LogP contribution in [0, 0.1) is 0 Å². The molecular weight excluding hydrogens is 206 g/mol. The summed E-state index contributed by atoms with van der Waals surface area (Å²) in [6, 6.07) is 4.83. The standard InChI is InChI=1S/C11H17N3O2/c1-14(2)6-5-13-10-4-3-8(12)7-9(10)11(15)16/h3-4,7,13H,5-6,12H2,1-2H3,(H,15,16). The number of nitrogens with zero attached hydrogens (tertiary/aromatic N) is 1. The van der Waals surface area contributed by atoms with Crippen LogP contribution in [0.3, 0.4) is 0 Å². The first-order chi connectivity index (χ1) is 7.50. The van der Waals surface area contributed by atoms with Gasteiger partial charge in [0.05, 0.1) is 5.56 Å². The SMILES string of the molecule is CN(C)CCNc1ccc(N)cc1C(=O)O. The van der Waals surface area contributed by atoms with Crippen molar-refractivity contribution in [2.24, 2.45) is 0 Å². The van der Waals surface area contributed by atoms with E-state index in [-0.39, 0.29) is 5.56 Å². The van der Waals surface area contributed by atoms with Gasteiger partial charge in [-0.25, -0.2) is 4.79 Å². The molecule has 16 heavy (non-hydrogen) atoms. The summed E-state index contributed by atoms with van der Waals surface area (Å²) in [6.45, 7) is 1.53. The Balaban J connectivity index is 2.75. The summed E-state index contributed by atoms with van der Waals surface area (Å²) >= 11 is 0. The van der Waals surface area contributed by atoms with Crippen LogP contribution in [0.4, 0.5) is 11.4 Å². The molecule has 0 aliphatic heterocycles. The summed E-state index contributed by atoms with van der Waals surface area (Å²) in [6.07, 6.45) is 0. The Morgan fingerprint density at radius 3 is 2.75 bits per heavy atom. The second kappa shape index (κ2) is 5.37. The van der Waals surface area contributed by atoms with Gasteiger partial charge in [0.15, 0.2) is 0 Å². The Morgan fingerprint density at radius 2 is 2.19 bits per heavy atom. The fourth-order valence-corrected chi connectivity index (χ4v) is 1.31. The lowest BCUT2D eigenvalue weighted by molar-refractivity contribution is 0.0698. The van der Waals surface area contributed by atoms with Crippen LogP contribution >= 0.6 is 0 Å². The van der Waals surface area contributed by atoms with E-state index in [9.17, 15) is 4.79 Å². The first-order valence-corrected chi connectivity index (χ1v) is 5.02. The molecule has 5 heteroatoms. The van der Waals surface area contributed by atoms with Crippen molar-refractivity contribution in [1.29, 1.82) is 0 Å². The quantitative estimate of drug-likeness (QED) is 0.647. The second-order valence-electron chi connectivity index (χ2n) is 3.84. The Bertz CT molecular complexity index is 377. The normalized spacial score (nSPS) is 10.4. The van der Waals surface area contributed by atoms with Crippen LogP contribution in [0.25, 0.3) is 0 Å². The lowest BCUT2D eigenvalue weighted by Gasteiger charge is -2.13. The van der Waals surface area contributed by atoms with E-state index in [0.717, 1.165) is 6.54 Å². The summed E-state index contributed by atoms with van der Waals surface area (Å²) in [5.41, 5.74) is 6.80. The van der Waals surface area contributed by atoms with Gasteiger partial charge in [0.25, 0.3) is 0 Å². The number of carbonyl (C=O) groups is 1. The van der Waals surface area contributed by atoms with Crippen molar-refractivity contribution in [3.63, 3.8) is 0 Å². The highest BCUT2D eigenvalue weighted by Gasteiger charge is 2.09.